The molecule has 5 nitrogen and oxygen atoms in total. The molecule has 0 aliphatic rings. The van der Waals surface area contributed by atoms with Crippen molar-refractivity contribution < 1.29 is 4.42 Å². The first-order valence-corrected chi connectivity index (χ1v) is 7.37. The Morgan fingerprint density at radius 1 is 1.23 bits per heavy atom. The average Bonchev–Trinajstić information content (AvgIpc) is 3.13. The molecule has 1 aromatic carbocycles. The Morgan fingerprint density at radius 2 is 2.05 bits per heavy atom. The number of hydrogen-bond donors (Lipinski definition) is 1. The van der Waals surface area contributed by atoms with Gasteiger partial charge in [-0.15, -0.1) is 10.2 Å². The molecule has 0 saturated heterocycles. The van der Waals surface area contributed by atoms with Crippen LogP contribution in [-0.4, -0.2) is 14.8 Å². The summed E-state index contributed by atoms with van der Waals surface area (Å²) in [6.07, 6.45) is 1.72. The Bertz CT molecular complexity index is 759. The predicted molar refractivity (Wildman–Crippen MR) is 85.1 cm³/mol. The normalized spacial score (nSPS) is 12.5. The van der Waals surface area contributed by atoms with E-state index >= 15 is 0 Å². The van der Waals surface area contributed by atoms with Crippen LogP contribution in [-0.2, 0) is 13.6 Å². The second-order valence-electron chi connectivity index (χ2n) is 5.47. The summed E-state index contributed by atoms with van der Waals surface area (Å²) in [6.45, 7) is 4.79. The summed E-state index contributed by atoms with van der Waals surface area (Å²) in [5.74, 6) is 2.75. The van der Waals surface area contributed by atoms with Crippen LogP contribution in [0.4, 0.5) is 0 Å². The second kappa shape index (κ2) is 6.15. The largest absolute Gasteiger partial charge is 0.461 e. The molecule has 0 aliphatic carbocycles. The smallest absolute Gasteiger partial charge is 0.149 e. The zero-order chi connectivity index (χ0) is 15.5. The van der Waals surface area contributed by atoms with E-state index in [0.717, 1.165) is 29.5 Å². The summed E-state index contributed by atoms with van der Waals surface area (Å²) in [6, 6.07) is 12.4. The quantitative estimate of drug-likeness (QED) is 0.785. The third kappa shape index (κ3) is 2.94. The molecule has 2 aromatic heterocycles. The molecule has 22 heavy (non-hydrogen) atoms. The minimum atomic E-state index is 0.124. The molecule has 0 bridgehead atoms. The van der Waals surface area contributed by atoms with Gasteiger partial charge in [0, 0.05) is 19.2 Å². The highest BCUT2D eigenvalue weighted by molar-refractivity contribution is 5.62. The Hall–Kier alpha value is -2.40. The molecule has 0 spiro atoms. The number of nitrogens with zero attached hydrogens (tertiary/aromatic N) is 3. The fraction of sp³-hybridized carbons (Fsp3) is 0.294. The minimum absolute atomic E-state index is 0.124. The summed E-state index contributed by atoms with van der Waals surface area (Å²) in [5.41, 5.74) is 2.32. The van der Waals surface area contributed by atoms with Crippen LogP contribution in [0.15, 0.2) is 47.1 Å². The Kier molecular flexibility index (Phi) is 4.06. The van der Waals surface area contributed by atoms with E-state index < -0.39 is 0 Å². The summed E-state index contributed by atoms with van der Waals surface area (Å²) in [7, 11) is 1.95. The van der Waals surface area contributed by atoms with Crippen molar-refractivity contribution in [2.24, 2.45) is 7.05 Å². The van der Waals surface area contributed by atoms with Crippen molar-refractivity contribution in [3.8, 4) is 11.3 Å². The molecule has 0 aliphatic heterocycles. The Labute approximate surface area is 130 Å². The zero-order valence-electron chi connectivity index (χ0n) is 13.1. The summed E-state index contributed by atoms with van der Waals surface area (Å²) in [4.78, 5) is 0. The summed E-state index contributed by atoms with van der Waals surface area (Å²) >= 11 is 0. The van der Waals surface area contributed by atoms with Crippen molar-refractivity contribution >= 4 is 0 Å². The number of furan rings is 1. The van der Waals surface area contributed by atoms with E-state index in [-0.39, 0.29) is 6.04 Å². The predicted octanol–water partition coefficient (Wildman–Crippen LogP) is 3.23. The number of aromatic nitrogens is 3. The molecule has 2 heterocycles. The zero-order valence-corrected chi connectivity index (χ0v) is 13.1. The standard InChI is InChI=1S/C17H20N4O/c1-12-8-9-16(22-12)15-7-5-4-6-14(15)10-18-13(2)17-20-19-11-21(17)3/h4-9,11,13,18H,10H2,1-3H3. The molecule has 114 valence electrons. The van der Waals surface area contributed by atoms with Crippen LogP contribution in [0.1, 0.15) is 30.1 Å². The third-order valence-corrected chi connectivity index (χ3v) is 3.76. The van der Waals surface area contributed by atoms with Crippen molar-refractivity contribution in [1.82, 2.24) is 20.1 Å². The van der Waals surface area contributed by atoms with Gasteiger partial charge in [-0.05, 0) is 31.5 Å². The molecule has 1 N–H and O–H groups in total. The highest BCUT2D eigenvalue weighted by Crippen LogP contribution is 2.26. The fourth-order valence-electron chi connectivity index (χ4n) is 2.53. The summed E-state index contributed by atoms with van der Waals surface area (Å²) in [5, 5.41) is 11.6. The maximum Gasteiger partial charge on any atom is 0.149 e. The van der Waals surface area contributed by atoms with Gasteiger partial charge in [0.25, 0.3) is 0 Å². The van der Waals surface area contributed by atoms with Gasteiger partial charge in [-0.2, -0.15) is 0 Å². The van der Waals surface area contributed by atoms with Crippen molar-refractivity contribution in [3.63, 3.8) is 0 Å². The number of aryl methyl sites for hydroxylation is 2. The van der Waals surface area contributed by atoms with Crippen LogP contribution in [0.2, 0.25) is 0 Å². The maximum absolute atomic E-state index is 5.75. The van der Waals surface area contributed by atoms with Gasteiger partial charge in [0.1, 0.15) is 23.7 Å². The van der Waals surface area contributed by atoms with Gasteiger partial charge in [-0.3, -0.25) is 0 Å². The molecule has 5 heteroatoms. The van der Waals surface area contributed by atoms with Crippen molar-refractivity contribution in [2.45, 2.75) is 26.4 Å². The molecule has 3 aromatic rings. The van der Waals surface area contributed by atoms with E-state index in [9.17, 15) is 0 Å². The van der Waals surface area contributed by atoms with Gasteiger partial charge in [0.2, 0.25) is 0 Å². The van der Waals surface area contributed by atoms with E-state index in [2.05, 4.69) is 34.6 Å². The molecular weight excluding hydrogens is 276 g/mol. The molecule has 0 saturated carbocycles. The van der Waals surface area contributed by atoms with Gasteiger partial charge < -0.3 is 14.3 Å². The van der Waals surface area contributed by atoms with E-state index in [1.54, 1.807) is 6.33 Å². The van der Waals surface area contributed by atoms with Gasteiger partial charge in [0.05, 0.1) is 6.04 Å². The average molecular weight is 296 g/mol. The summed E-state index contributed by atoms with van der Waals surface area (Å²) < 4.78 is 7.68. The molecule has 1 atom stereocenters. The van der Waals surface area contributed by atoms with Crippen LogP contribution < -0.4 is 5.32 Å². The molecule has 3 rings (SSSR count). The van der Waals surface area contributed by atoms with Gasteiger partial charge >= 0.3 is 0 Å². The van der Waals surface area contributed by atoms with Crippen LogP contribution in [0, 0.1) is 6.92 Å². The lowest BCUT2D eigenvalue weighted by Crippen LogP contribution is -2.21. The number of hydrogen-bond acceptors (Lipinski definition) is 4. The van der Waals surface area contributed by atoms with Gasteiger partial charge in [-0.25, -0.2) is 0 Å². The molecule has 0 fully saturated rings. The molecule has 0 radical (unpaired) electrons. The fourth-order valence-corrected chi connectivity index (χ4v) is 2.53. The Balaban J connectivity index is 1.77. The molecule has 1 unspecified atom stereocenters. The number of benzene rings is 1. The van der Waals surface area contributed by atoms with Crippen LogP contribution in [0.25, 0.3) is 11.3 Å². The number of nitrogens with one attached hydrogen (secondary N) is 1. The molecule has 0 amide bonds. The first kappa shape index (κ1) is 14.5. The van der Waals surface area contributed by atoms with E-state index in [4.69, 9.17) is 4.42 Å². The lowest BCUT2D eigenvalue weighted by atomic mass is 10.1. The first-order chi connectivity index (χ1) is 10.6. The van der Waals surface area contributed by atoms with E-state index in [1.807, 2.05) is 42.8 Å². The first-order valence-electron chi connectivity index (χ1n) is 7.37. The van der Waals surface area contributed by atoms with Gasteiger partial charge in [-0.1, -0.05) is 24.3 Å². The molecular formula is C17H20N4O. The van der Waals surface area contributed by atoms with E-state index in [1.165, 1.54) is 5.56 Å². The Morgan fingerprint density at radius 3 is 2.73 bits per heavy atom. The van der Waals surface area contributed by atoms with Crippen molar-refractivity contribution in [2.75, 3.05) is 0 Å². The van der Waals surface area contributed by atoms with Crippen molar-refractivity contribution in [3.05, 3.63) is 59.9 Å². The monoisotopic (exact) mass is 296 g/mol. The van der Waals surface area contributed by atoms with Gasteiger partial charge in [0.15, 0.2) is 0 Å². The third-order valence-electron chi connectivity index (χ3n) is 3.76. The highest BCUT2D eigenvalue weighted by atomic mass is 16.3. The van der Waals surface area contributed by atoms with E-state index in [0.29, 0.717) is 0 Å². The second-order valence-corrected chi connectivity index (χ2v) is 5.47. The maximum atomic E-state index is 5.75. The van der Waals surface area contributed by atoms with Crippen LogP contribution in [0.5, 0.6) is 0 Å². The SMILES string of the molecule is Cc1ccc(-c2ccccc2CNC(C)c2nncn2C)o1. The lowest BCUT2D eigenvalue weighted by molar-refractivity contribution is 0.525. The highest BCUT2D eigenvalue weighted by Gasteiger charge is 2.13. The number of rotatable bonds is 5. The lowest BCUT2D eigenvalue weighted by Gasteiger charge is -2.14. The van der Waals surface area contributed by atoms with Crippen LogP contribution >= 0.6 is 0 Å². The van der Waals surface area contributed by atoms with Crippen LogP contribution in [0.3, 0.4) is 0 Å². The minimum Gasteiger partial charge on any atom is -0.461 e. The van der Waals surface area contributed by atoms with Crippen molar-refractivity contribution in [1.29, 1.82) is 0 Å². The topological polar surface area (TPSA) is 55.9 Å².